The number of thiazole rings is 1. The summed E-state index contributed by atoms with van der Waals surface area (Å²) in [6.07, 6.45) is 2.40. The van der Waals surface area contributed by atoms with Crippen LogP contribution in [0.25, 0.3) is 0 Å². The molecule has 0 aliphatic rings. The minimum Gasteiger partial charge on any atom is -0.422 e. The first-order valence-electron chi connectivity index (χ1n) is 9.61. The van der Waals surface area contributed by atoms with Crippen molar-refractivity contribution in [1.29, 1.82) is 0 Å². The van der Waals surface area contributed by atoms with Crippen LogP contribution in [0.2, 0.25) is 0 Å². The van der Waals surface area contributed by atoms with Crippen LogP contribution in [0.15, 0.2) is 91.1 Å². The molecule has 0 unspecified atom stereocenters. The fourth-order valence-electron chi connectivity index (χ4n) is 3.35. The predicted molar refractivity (Wildman–Crippen MR) is 117 cm³/mol. The van der Waals surface area contributed by atoms with Crippen molar-refractivity contribution in [1.82, 2.24) is 4.98 Å². The number of hydrogen-bond acceptors (Lipinski definition) is 4. The van der Waals surface area contributed by atoms with Gasteiger partial charge in [0.25, 0.3) is 0 Å². The molecule has 0 saturated heterocycles. The molecule has 0 radical (unpaired) electrons. The van der Waals surface area contributed by atoms with Gasteiger partial charge < -0.3 is 4.74 Å². The van der Waals surface area contributed by atoms with Gasteiger partial charge in [0.2, 0.25) is 0 Å². The number of carbonyl (C=O) groups is 1. The standard InChI is InChI=1S/C25H21NO2S/c1-2-23-26-17-22(29-23)25(27)28-21-15-9-14-20(16-21)24(18-10-5-3-6-11-18)19-12-7-4-8-13-19/h3-17,24H,2H2,1H3. The number of aryl methyl sites for hydroxylation is 1. The summed E-state index contributed by atoms with van der Waals surface area (Å²) in [7, 11) is 0. The number of ether oxygens (including phenoxy) is 1. The molecule has 29 heavy (non-hydrogen) atoms. The summed E-state index contributed by atoms with van der Waals surface area (Å²) in [5.41, 5.74) is 3.46. The lowest BCUT2D eigenvalue weighted by Crippen LogP contribution is -2.08. The van der Waals surface area contributed by atoms with Crippen molar-refractivity contribution in [2.24, 2.45) is 0 Å². The fraction of sp³-hybridized carbons (Fsp3) is 0.120. The maximum absolute atomic E-state index is 12.5. The highest BCUT2D eigenvalue weighted by atomic mass is 32.1. The van der Waals surface area contributed by atoms with Crippen molar-refractivity contribution < 1.29 is 9.53 Å². The van der Waals surface area contributed by atoms with Crippen molar-refractivity contribution in [2.45, 2.75) is 19.3 Å². The second kappa shape index (κ2) is 8.84. The summed E-state index contributed by atoms with van der Waals surface area (Å²) in [5, 5.41) is 0.930. The van der Waals surface area contributed by atoms with Crippen LogP contribution in [0, 0.1) is 0 Å². The second-order valence-corrected chi connectivity index (χ2v) is 7.80. The molecule has 3 aromatic carbocycles. The molecule has 0 fully saturated rings. The quantitative estimate of drug-likeness (QED) is 0.223. The summed E-state index contributed by atoms with van der Waals surface area (Å²) in [6.45, 7) is 2.02. The Morgan fingerprint density at radius 1 is 0.897 bits per heavy atom. The van der Waals surface area contributed by atoms with E-state index in [9.17, 15) is 4.79 Å². The molecule has 0 amide bonds. The van der Waals surface area contributed by atoms with Gasteiger partial charge in [-0.1, -0.05) is 79.7 Å². The third-order valence-corrected chi connectivity index (χ3v) is 5.85. The molecule has 144 valence electrons. The molecule has 0 bridgehead atoms. The lowest BCUT2D eigenvalue weighted by molar-refractivity contribution is 0.0739. The van der Waals surface area contributed by atoms with Crippen LogP contribution in [0.5, 0.6) is 5.75 Å². The topological polar surface area (TPSA) is 39.2 Å². The SMILES string of the molecule is CCc1ncc(C(=O)Oc2cccc(C(c3ccccc3)c3ccccc3)c2)s1. The van der Waals surface area contributed by atoms with Gasteiger partial charge >= 0.3 is 5.97 Å². The van der Waals surface area contributed by atoms with Gasteiger partial charge in [-0.15, -0.1) is 11.3 Å². The van der Waals surface area contributed by atoms with Gasteiger partial charge in [0.05, 0.1) is 11.2 Å². The minimum atomic E-state index is -0.365. The van der Waals surface area contributed by atoms with Gasteiger partial charge in [-0.3, -0.25) is 0 Å². The summed E-state index contributed by atoms with van der Waals surface area (Å²) >= 11 is 1.38. The van der Waals surface area contributed by atoms with E-state index in [-0.39, 0.29) is 11.9 Å². The van der Waals surface area contributed by atoms with E-state index in [1.807, 2.05) is 61.5 Å². The Hall–Kier alpha value is -3.24. The largest absolute Gasteiger partial charge is 0.422 e. The Morgan fingerprint density at radius 3 is 2.10 bits per heavy atom. The van der Waals surface area contributed by atoms with Gasteiger partial charge in [0.15, 0.2) is 0 Å². The van der Waals surface area contributed by atoms with Crippen LogP contribution >= 0.6 is 11.3 Å². The van der Waals surface area contributed by atoms with Crippen molar-refractivity contribution in [3.05, 3.63) is 118 Å². The zero-order valence-electron chi connectivity index (χ0n) is 16.1. The van der Waals surface area contributed by atoms with Crippen LogP contribution < -0.4 is 4.74 Å². The Morgan fingerprint density at radius 2 is 1.52 bits per heavy atom. The first-order valence-corrected chi connectivity index (χ1v) is 10.4. The average Bonchev–Trinajstić information content (AvgIpc) is 3.25. The van der Waals surface area contributed by atoms with Gasteiger partial charge in [0.1, 0.15) is 10.6 Å². The van der Waals surface area contributed by atoms with Gasteiger partial charge in [0, 0.05) is 5.92 Å². The highest BCUT2D eigenvalue weighted by Gasteiger charge is 2.18. The Bertz CT molecular complexity index is 1050. The first-order chi connectivity index (χ1) is 14.2. The smallest absolute Gasteiger partial charge is 0.355 e. The molecular formula is C25H21NO2S. The molecule has 0 aliphatic carbocycles. The lowest BCUT2D eigenvalue weighted by atomic mass is 9.85. The van der Waals surface area contributed by atoms with E-state index in [4.69, 9.17) is 4.74 Å². The molecular weight excluding hydrogens is 378 g/mol. The third-order valence-electron chi connectivity index (χ3n) is 4.72. The lowest BCUT2D eigenvalue weighted by Gasteiger charge is -2.19. The van der Waals surface area contributed by atoms with E-state index >= 15 is 0 Å². The Kier molecular flexibility index (Phi) is 5.82. The number of carbonyl (C=O) groups excluding carboxylic acids is 1. The summed E-state index contributed by atoms with van der Waals surface area (Å²) in [6, 6.07) is 28.5. The maximum atomic E-state index is 12.5. The van der Waals surface area contributed by atoms with Gasteiger partial charge in [-0.2, -0.15) is 0 Å². The Balaban J connectivity index is 1.65. The number of hydrogen-bond donors (Lipinski definition) is 0. The summed E-state index contributed by atoms with van der Waals surface area (Å²) in [4.78, 5) is 17.3. The van der Waals surface area contributed by atoms with E-state index in [2.05, 4.69) is 35.3 Å². The van der Waals surface area contributed by atoms with E-state index in [0.29, 0.717) is 10.6 Å². The van der Waals surface area contributed by atoms with E-state index < -0.39 is 0 Å². The van der Waals surface area contributed by atoms with Crippen LogP contribution in [-0.2, 0) is 6.42 Å². The second-order valence-electron chi connectivity index (χ2n) is 6.69. The van der Waals surface area contributed by atoms with Crippen molar-refractivity contribution >= 4 is 17.3 Å². The van der Waals surface area contributed by atoms with Crippen molar-refractivity contribution in [2.75, 3.05) is 0 Å². The number of benzene rings is 3. The zero-order valence-corrected chi connectivity index (χ0v) is 16.9. The van der Waals surface area contributed by atoms with Crippen LogP contribution in [-0.4, -0.2) is 11.0 Å². The van der Waals surface area contributed by atoms with Crippen LogP contribution in [0.3, 0.4) is 0 Å². The molecule has 4 aromatic rings. The molecule has 0 N–H and O–H groups in total. The Labute approximate surface area is 174 Å². The maximum Gasteiger partial charge on any atom is 0.355 e. The molecule has 4 heteroatoms. The highest BCUT2D eigenvalue weighted by molar-refractivity contribution is 7.13. The number of rotatable bonds is 6. The van der Waals surface area contributed by atoms with Crippen LogP contribution in [0.1, 0.15) is 44.2 Å². The molecule has 1 aromatic heterocycles. The van der Waals surface area contributed by atoms with Gasteiger partial charge in [-0.05, 0) is 35.2 Å². The van der Waals surface area contributed by atoms with E-state index in [0.717, 1.165) is 17.0 Å². The van der Waals surface area contributed by atoms with Crippen molar-refractivity contribution in [3.63, 3.8) is 0 Å². The predicted octanol–water partition coefficient (Wildman–Crippen LogP) is 6.10. The van der Waals surface area contributed by atoms with Crippen molar-refractivity contribution in [3.8, 4) is 5.75 Å². The summed E-state index contributed by atoms with van der Waals surface area (Å²) in [5.74, 6) is 0.234. The highest BCUT2D eigenvalue weighted by Crippen LogP contribution is 2.33. The molecule has 0 atom stereocenters. The number of esters is 1. The minimum absolute atomic E-state index is 0.0613. The van der Waals surface area contributed by atoms with Crippen LogP contribution in [0.4, 0.5) is 0 Å². The van der Waals surface area contributed by atoms with Gasteiger partial charge in [-0.25, -0.2) is 9.78 Å². The molecule has 0 saturated carbocycles. The zero-order chi connectivity index (χ0) is 20.1. The first kappa shape index (κ1) is 19.1. The van der Waals surface area contributed by atoms with E-state index in [1.165, 1.54) is 22.5 Å². The normalized spacial score (nSPS) is 10.8. The molecule has 0 spiro atoms. The molecule has 0 aliphatic heterocycles. The fourth-order valence-corrected chi connectivity index (χ4v) is 4.09. The summed E-state index contributed by atoms with van der Waals surface area (Å²) < 4.78 is 5.65. The number of nitrogens with zero attached hydrogens (tertiary/aromatic N) is 1. The monoisotopic (exact) mass is 399 g/mol. The molecule has 4 rings (SSSR count). The number of aromatic nitrogens is 1. The molecule has 1 heterocycles. The third kappa shape index (κ3) is 4.44. The average molecular weight is 400 g/mol. The van der Waals surface area contributed by atoms with E-state index in [1.54, 1.807) is 6.20 Å². The molecule has 3 nitrogen and oxygen atoms in total.